The van der Waals surface area contributed by atoms with Gasteiger partial charge in [0.1, 0.15) is 0 Å². The van der Waals surface area contributed by atoms with Crippen molar-refractivity contribution in [3.8, 4) is 0 Å². The first kappa shape index (κ1) is 13.6. The van der Waals surface area contributed by atoms with Crippen LogP contribution in [0.1, 0.15) is 25.3 Å². The lowest BCUT2D eigenvalue weighted by Crippen LogP contribution is -2.40. The van der Waals surface area contributed by atoms with E-state index in [0.29, 0.717) is 6.04 Å². The summed E-state index contributed by atoms with van der Waals surface area (Å²) in [7, 11) is 0. The number of aryl methyl sites for hydroxylation is 1. The van der Waals surface area contributed by atoms with Gasteiger partial charge in [-0.1, -0.05) is 15.9 Å². The Hall–Kier alpha value is -0.870. The predicted molar refractivity (Wildman–Crippen MR) is 77.7 cm³/mol. The summed E-state index contributed by atoms with van der Waals surface area (Å²) in [4.78, 5) is 12.2. The molecule has 3 nitrogen and oxygen atoms in total. The molecule has 0 saturated carbocycles. The molecule has 18 heavy (non-hydrogen) atoms. The monoisotopic (exact) mass is 310 g/mol. The number of nitrogens with one attached hydrogen (secondary N) is 2. The molecule has 1 saturated heterocycles. The zero-order valence-corrected chi connectivity index (χ0v) is 12.4. The highest BCUT2D eigenvalue weighted by Crippen LogP contribution is 2.22. The number of carbonyl (C=O) groups excluding carboxylic acids is 1. The van der Waals surface area contributed by atoms with Gasteiger partial charge in [-0.15, -0.1) is 0 Å². The van der Waals surface area contributed by atoms with Crippen molar-refractivity contribution in [2.24, 2.45) is 5.92 Å². The third kappa shape index (κ3) is 3.33. The average Bonchev–Trinajstić information content (AvgIpc) is 2.34. The van der Waals surface area contributed by atoms with Crippen molar-refractivity contribution in [2.45, 2.75) is 32.7 Å². The summed E-state index contributed by atoms with van der Waals surface area (Å²) >= 11 is 3.46. The summed E-state index contributed by atoms with van der Waals surface area (Å²) in [6.45, 7) is 5.08. The summed E-state index contributed by atoms with van der Waals surface area (Å²) in [5.74, 6) is 0.273. The van der Waals surface area contributed by atoms with Crippen LogP contribution in [0, 0.1) is 12.8 Å². The maximum atomic E-state index is 12.2. The zero-order chi connectivity index (χ0) is 13.1. The van der Waals surface area contributed by atoms with Gasteiger partial charge in [-0.05, 0) is 57.0 Å². The summed E-state index contributed by atoms with van der Waals surface area (Å²) in [5, 5.41) is 6.37. The summed E-state index contributed by atoms with van der Waals surface area (Å²) in [6, 6.07) is 6.32. The maximum absolute atomic E-state index is 12.2. The molecule has 98 valence electrons. The molecule has 1 amide bonds. The molecule has 0 unspecified atom stereocenters. The molecule has 0 bridgehead atoms. The van der Waals surface area contributed by atoms with Crippen LogP contribution in [0.3, 0.4) is 0 Å². The Kier molecular flexibility index (Phi) is 4.40. The van der Waals surface area contributed by atoms with E-state index >= 15 is 0 Å². The second-order valence-corrected chi connectivity index (χ2v) is 5.88. The van der Waals surface area contributed by atoms with Crippen LogP contribution in [0.2, 0.25) is 0 Å². The standard InChI is InChI=1S/C14H19BrN2O/c1-9-7-12(3-4-13(9)15)17-14(18)11-5-6-16-10(2)8-11/h3-4,7,10-11,16H,5-6,8H2,1-2H3,(H,17,18)/t10-,11-/m0/s1. The van der Waals surface area contributed by atoms with Crippen molar-refractivity contribution in [2.75, 3.05) is 11.9 Å². The fraction of sp³-hybridized carbons (Fsp3) is 0.500. The lowest BCUT2D eigenvalue weighted by molar-refractivity contribution is -0.120. The molecule has 2 N–H and O–H groups in total. The van der Waals surface area contributed by atoms with E-state index in [0.717, 1.165) is 35.1 Å². The van der Waals surface area contributed by atoms with Crippen LogP contribution in [-0.2, 0) is 4.79 Å². The van der Waals surface area contributed by atoms with E-state index in [9.17, 15) is 4.79 Å². The fourth-order valence-corrected chi connectivity index (χ4v) is 2.58. The number of carbonyl (C=O) groups is 1. The second kappa shape index (κ2) is 5.85. The quantitative estimate of drug-likeness (QED) is 0.881. The number of hydrogen-bond acceptors (Lipinski definition) is 2. The van der Waals surface area contributed by atoms with Crippen LogP contribution < -0.4 is 10.6 Å². The SMILES string of the molecule is Cc1cc(NC(=O)[C@H]2CCN[C@@H](C)C2)ccc1Br. The van der Waals surface area contributed by atoms with Crippen molar-refractivity contribution >= 4 is 27.5 Å². The first-order valence-electron chi connectivity index (χ1n) is 6.36. The van der Waals surface area contributed by atoms with Gasteiger partial charge in [0.05, 0.1) is 0 Å². The largest absolute Gasteiger partial charge is 0.326 e. The van der Waals surface area contributed by atoms with Gasteiger partial charge in [0.15, 0.2) is 0 Å². The molecule has 1 aliphatic rings. The van der Waals surface area contributed by atoms with Crippen LogP contribution in [0.15, 0.2) is 22.7 Å². The van der Waals surface area contributed by atoms with Gasteiger partial charge in [0, 0.05) is 22.1 Å². The zero-order valence-electron chi connectivity index (χ0n) is 10.8. The summed E-state index contributed by atoms with van der Waals surface area (Å²) in [6.07, 6.45) is 1.84. The van der Waals surface area contributed by atoms with E-state index in [2.05, 4.69) is 33.5 Å². The van der Waals surface area contributed by atoms with Crippen molar-refractivity contribution in [3.63, 3.8) is 0 Å². The van der Waals surface area contributed by atoms with Crippen molar-refractivity contribution < 1.29 is 4.79 Å². The Bertz CT molecular complexity index is 447. The molecule has 0 aromatic heterocycles. The third-order valence-electron chi connectivity index (χ3n) is 3.42. The van der Waals surface area contributed by atoms with Gasteiger partial charge in [-0.3, -0.25) is 4.79 Å². The lowest BCUT2D eigenvalue weighted by Gasteiger charge is -2.27. The van der Waals surface area contributed by atoms with E-state index in [-0.39, 0.29) is 11.8 Å². The molecule has 1 heterocycles. The van der Waals surface area contributed by atoms with Crippen LogP contribution >= 0.6 is 15.9 Å². The number of anilines is 1. The molecule has 0 radical (unpaired) electrons. The molecule has 4 heteroatoms. The van der Waals surface area contributed by atoms with E-state index in [1.54, 1.807) is 0 Å². The third-order valence-corrected chi connectivity index (χ3v) is 4.31. The fourth-order valence-electron chi connectivity index (χ4n) is 2.34. The van der Waals surface area contributed by atoms with E-state index in [1.165, 1.54) is 0 Å². The molecular weight excluding hydrogens is 292 g/mol. The van der Waals surface area contributed by atoms with Crippen LogP contribution in [0.4, 0.5) is 5.69 Å². The average molecular weight is 311 g/mol. The lowest BCUT2D eigenvalue weighted by atomic mass is 9.92. The molecule has 1 fully saturated rings. The topological polar surface area (TPSA) is 41.1 Å². The highest BCUT2D eigenvalue weighted by Gasteiger charge is 2.24. The minimum absolute atomic E-state index is 0.130. The van der Waals surface area contributed by atoms with Gasteiger partial charge < -0.3 is 10.6 Å². The van der Waals surface area contributed by atoms with Gasteiger partial charge in [0.25, 0.3) is 0 Å². The maximum Gasteiger partial charge on any atom is 0.227 e. The Morgan fingerprint density at radius 2 is 2.28 bits per heavy atom. The summed E-state index contributed by atoms with van der Waals surface area (Å²) < 4.78 is 1.07. The van der Waals surface area contributed by atoms with Gasteiger partial charge in [0.2, 0.25) is 5.91 Å². The Morgan fingerprint density at radius 1 is 1.50 bits per heavy atom. The summed E-state index contributed by atoms with van der Waals surface area (Å²) in [5.41, 5.74) is 2.01. The van der Waals surface area contributed by atoms with E-state index in [4.69, 9.17) is 0 Å². The van der Waals surface area contributed by atoms with Gasteiger partial charge in [-0.25, -0.2) is 0 Å². The number of benzene rings is 1. The predicted octanol–water partition coefficient (Wildman–Crippen LogP) is 3.08. The molecular formula is C14H19BrN2O. The van der Waals surface area contributed by atoms with E-state index in [1.807, 2.05) is 25.1 Å². The smallest absolute Gasteiger partial charge is 0.227 e. The van der Waals surface area contributed by atoms with Gasteiger partial charge >= 0.3 is 0 Å². The second-order valence-electron chi connectivity index (χ2n) is 5.03. The molecule has 1 aromatic rings. The molecule has 1 aliphatic heterocycles. The molecule has 0 spiro atoms. The number of rotatable bonds is 2. The van der Waals surface area contributed by atoms with Crippen molar-refractivity contribution in [1.29, 1.82) is 0 Å². The Balaban J connectivity index is 2.00. The minimum Gasteiger partial charge on any atom is -0.326 e. The van der Waals surface area contributed by atoms with Crippen molar-refractivity contribution in [1.82, 2.24) is 5.32 Å². The van der Waals surface area contributed by atoms with Crippen molar-refractivity contribution in [3.05, 3.63) is 28.2 Å². The first-order valence-corrected chi connectivity index (χ1v) is 7.16. The Morgan fingerprint density at radius 3 is 2.94 bits per heavy atom. The minimum atomic E-state index is 0.130. The number of piperidine rings is 1. The number of amides is 1. The number of halogens is 1. The van der Waals surface area contributed by atoms with Crippen LogP contribution in [0.25, 0.3) is 0 Å². The van der Waals surface area contributed by atoms with Gasteiger partial charge in [-0.2, -0.15) is 0 Å². The van der Waals surface area contributed by atoms with Crippen LogP contribution in [0.5, 0.6) is 0 Å². The Labute approximate surface area is 116 Å². The van der Waals surface area contributed by atoms with E-state index < -0.39 is 0 Å². The number of hydrogen-bond donors (Lipinski definition) is 2. The molecule has 2 atom stereocenters. The normalized spacial score (nSPS) is 23.7. The first-order chi connectivity index (χ1) is 8.56. The molecule has 2 rings (SSSR count). The highest BCUT2D eigenvalue weighted by molar-refractivity contribution is 9.10. The molecule has 0 aliphatic carbocycles. The molecule has 1 aromatic carbocycles. The highest BCUT2D eigenvalue weighted by atomic mass is 79.9. The van der Waals surface area contributed by atoms with Crippen LogP contribution in [-0.4, -0.2) is 18.5 Å².